The zero-order valence-electron chi connectivity index (χ0n) is 15.3. The second kappa shape index (κ2) is 8.12. The van der Waals surface area contributed by atoms with E-state index in [4.69, 9.17) is 79.1 Å². The van der Waals surface area contributed by atoms with E-state index < -0.39 is 11.6 Å². The monoisotopic (exact) mass is 788 g/mol. The van der Waals surface area contributed by atoms with E-state index in [1.54, 1.807) is 0 Å². The van der Waals surface area contributed by atoms with Crippen molar-refractivity contribution in [2.45, 2.75) is 5.60 Å². The number of esters is 1. The quantitative estimate of drug-likeness (QED) is 0.103. The van der Waals surface area contributed by atoms with Gasteiger partial charge in [0.15, 0.2) is 22.8 Å². The number of halogens is 8. The molecule has 2 heterocycles. The number of hydrogen-bond donors (Lipinski definition) is 2. The smallest absolute Gasteiger partial charge is 0.341 e. The lowest BCUT2D eigenvalue weighted by Gasteiger charge is -2.38. The predicted molar refractivity (Wildman–Crippen MR) is 144 cm³/mol. The van der Waals surface area contributed by atoms with Crippen molar-refractivity contribution in [1.82, 2.24) is 0 Å². The number of aromatic hydroxyl groups is 2. The minimum atomic E-state index is -1.78. The predicted octanol–water partition coefficient (Wildman–Crippen LogP) is 8.80. The average molecular weight is 791 g/mol. The molecule has 0 amide bonds. The number of carbonyl (C=O) groups excluding carboxylic acids is 1. The molecular formula is C20H4Cl6I2O5. The maximum atomic E-state index is 13.2. The third kappa shape index (κ3) is 3.06. The van der Waals surface area contributed by atoms with Crippen LogP contribution >= 0.6 is 115 Å². The second-order valence-electron chi connectivity index (χ2n) is 6.95. The van der Waals surface area contributed by atoms with Gasteiger partial charge in [0.25, 0.3) is 0 Å². The van der Waals surface area contributed by atoms with Crippen molar-refractivity contribution in [3.63, 3.8) is 0 Å². The molecule has 33 heavy (non-hydrogen) atoms. The first-order chi connectivity index (χ1) is 15.4. The van der Waals surface area contributed by atoms with Crippen LogP contribution in [0.15, 0.2) is 12.1 Å². The molecule has 1 spiro atoms. The van der Waals surface area contributed by atoms with Crippen molar-refractivity contribution < 1.29 is 24.5 Å². The highest BCUT2D eigenvalue weighted by Gasteiger charge is 2.58. The summed E-state index contributed by atoms with van der Waals surface area (Å²) < 4.78 is 12.8. The molecule has 0 radical (unpaired) electrons. The van der Waals surface area contributed by atoms with Gasteiger partial charge in [-0.1, -0.05) is 69.6 Å². The Morgan fingerprint density at radius 3 is 2.06 bits per heavy atom. The van der Waals surface area contributed by atoms with E-state index in [9.17, 15) is 15.0 Å². The van der Waals surface area contributed by atoms with Crippen LogP contribution in [0.5, 0.6) is 23.0 Å². The molecular weight excluding hydrogens is 787 g/mol. The summed E-state index contributed by atoms with van der Waals surface area (Å²) in [6, 6.07) is 2.79. The van der Waals surface area contributed by atoms with Crippen molar-refractivity contribution >= 4 is 121 Å². The molecule has 0 bridgehead atoms. The van der Waals surface area contributed by atoms with Crippen molar-refractivity contribution in [2.75, 3.05) is 0 Å². The highest BCUT2D eigenvalue weighted by molar-refractivity contribution is 14.1. The maximum Gasteiger partial charge on any atom is 0.341 e. The number of phenols is 2. The van der Waals surface area contributed by atoms with Gasteiger partial charge >= 0.3 is 5.97 Å². The molecule has 0 aliphatic carbocycles. The lowest BCUT2D eigenvalue weighted by atomic mass is 9.77. The molecule has 1 unspecified atom stereocenters. The van der Waals surface area contributed by atoms with E-state index in [2.05, 4.69) is 0 Å². The maximum absolute atomic E-state index is 13.2. The Labute approximate surface area is 243 Å². The molecule has 2 aliphatic rings. The number of ether oxygens (including phenoxy) is 2. The Kier molecular flexibility index (Phi) is 6.01. The molecule has 3 aromatic rings. The molecule has 0 fully saturated rings. The highest BCUT2D eigenvalue weighted by atomic mass is 127. The molecule has 0 saturated heterocycles. The third-order valence-corrected chi connectivity index (χ3v) is 11.0. The standard InChI is InChI=1S/C20H4Cl6I2O5/c21-8-4(29)2-1-3-17(8)32-18-7(14(27)15(28)16(30)13(18)26)20(3)6-5(19(31)33-20)9(22)11(24)12(25)10(6)23/h1-2,29-30H. The molecule has 3 aromatic carbocycles. The van der Waals surface area contributed by atoms with Crippen molar-refractivity contribution in [3.8, 4) is 23.0 Å². The first-order valence-corrected chi connectivity index (χ1v) is 13.1. The summed E-state index contributed by atoms with van der Waals surface area (Å²) in [6.45, 7) is 0. The normalized spacial score (nSPS) is 18.0. The Morgan fingerprint density at radius 1 is 0.758 bits per heavy atom. The van der Waals surface area contributed by atoms with E-state index in [1.165, 1.54) is 12.1 Å². The molecule has 0 aromatic heterocycles. The van der Waals surface area contributed by atoms with E-state index in [1.807, 2.05) is 45.2 Å². The van der Waals surface area contributed by atoms with Crippen LogP contribution in [0, 0.1) is 7.14 Å². The number of fused-ring (bicyclic) bond motifs is 6. The van der Waals surface area contributed by atoms with E-state index >= 15 is 0 Å². The Hall–Kier alpha value is -0.270. The number of carbonyl (C=O) groups is 1. The fourth-order valence-corrected chi connectivity index (χ4v) is 7.03. The SMILES string of the molecule is O=C1OC2(c3ccc(O)c(Cl)c3Oc3c(Cl)c(O)c(I)c(I)c32)c2c(Cl)c(Cl)c(Cl)c(Cl)c21. The van der Waals surface area contributed by atoms with Gasteiger partial charge in [0.1, 0.15) is 15.8 Å². The summed E-state index contributed by atoms with van der Waals surface area (Å²) >= 11 is 42.4. The fourth-order valence-electron chi connectivity index (χ4n) is 3.96. The van der Waals surface area contributed by atoms with Crippen LogP contribution in [-0.2, 0) is 10.3 Å². The van der Waals surface area contributed by atoms with Gasteiger partial charge in [0, 0.05) is 14.7 Å². The summed E-state index contributed by atoms with van der Waals surface area (Å²) in [5, 5.41) is 20.0. The Morgan fingerprint density at radius 2 is 1.39 bits per heavy atom. The van der Waals surface area contributed by atoms with Crippen LogP contribution < -0.4 is 4.74 Å². The lowest BCUT2D eigenvalue weighted by Crippen LogP contribution is -2.35. The molecule has 2 aliphatic heterocycles. The van der Waals surface area contributed by atoms with E-state index in [0.29, 0.717) is 7.14 Å². The molecule has 170 valence electrons. The van der Waals surface area contributed by atoms with Crippen molar-refractivity contribution in [1.29, 1.82) is 0 Å². The number of rotatable bonds is 0. The van der Waals surface area contributed by atoms with Crippen LogP contribution in [-0.4, -0.2) is 16.2 Å². The highest BCUT2D eigenvalue weighted by Crippen LogP contribution is 2.65. The summed E-state index contributed by atoms with van der Waals surface area (Å²) in [4.78, 5) is 13.2. The zero-order chi connectivity index (χ0) is 24.1. The zero-order valence-corrected chi connectivity index (χ0v) is 24.1. The molecule has 1 atom stereocenters. The van der Waals surface area contributed by atoms with Crippen molar-refractivity contribution in [2.24, 2.45) is 0 Å². The van der Waals surface area contributed by atoms with Crippen LogP contribution in [0.3, 0.4) is 0 Å². The minimum absolute atomic E-state index is 0.0436. The Bertz CT molecular complexity index is 1460. The largest absolute Gasteiger partial charge is 0.506 e. The number of hydrogen-bond acceptors (Lipinski definition) is 5. The van der Waals surface area contributed by atoms with Gasteiger partial charge in [-0.05, 0) is 57.3 Å². The molecule has 2 N–H and O–H groups in total. The van der Waals surface area contributed by atoms with Gasteiger partial charge in [-0.25, -0.2) is 4.79 Å². The first-order valence-electron chi connectivity index (χ1n) is 8.64. The second-order valence-corrected chi connectivity index (χ2v) is 11.4. The topological polar surface area (TPSA) is 76.0 Å². The van der Waals surface area contributed by atoms with Gasteiger partial charge in [-0.2, -0.15) is 0 Å². The molecule has 5 rings (SSSR count). The van der Waals surface area contributed by atoms with Crippen LogP contribution in [0.25, 0.3) is 0 Å². The summed E-state index contributed by atoms with van der Waals surface area (Å²) in [7, 11) is 0. The van der Waals surface area contributed by atoms with Gasteiger partial charge in [0.05, 0.1) is 34.8 Å². The van der Waals surface area contributed by atoms with Gasteiger partial charge in [0.2, 0.25) is 0 Å². The minimum Gasteiger partial charge on any atom is -0.506 e. The molecule has 5 nitrogen and oxygen atoms in total. The van der Waals surface area contributed by atoms with Gasteiger partial charge < -0.3 is 19.7 Å². The van der Waals surface area contributed by atoms with E-state index in [0.717, 1.165) is 0 Å². The lowest BCUT2D eigenvalue weighted by molar-refractivity contribution is 0.0221. The fraction of sp³-hybridized carbons (Fsp3) is 0.0500. The van der Waals surface area contributed by atoms with Gasteiger partial charge in [-0.3, -0.25) is 0 Å². The Balaban J connectivity index is 2.07. The van der Waals surface area contributed by atoms with Crippen LogP contribution in [0.2, 0.25) is 30.1 Å². The third-order valence-electron chi connectivity index (χ3n) is 5.34. The summed E-state index contributed by atoms with van der Waals surface area (Å²) in [6.07, 6.45) is 0. The van der Waals surface area contributed by atoms with Gasteiger partial charge in [-0.15, -0.1) is 0 Å². The number of phenolic OH excluding ortho intramolecular Hbond substituents is 2. The summed E-state index contributed by atoms with van der Waals surface area (Å²) in [5.41, 5.74) is -1.26. The van der Waals surface area contributed by atoms with Crippen LogP contribution in [0.4, 0.5) is 0 Å². The first kappa shape index (κ1) is 24.4. The van der Waals surface area contributed by atoms with Crippen LogP contribution in [0.1, 0.15) is 27.0 Å². The van der Waals surface area contributed by atoms with Crippen molar-refractivity contribution in [3.05, 3.63) is 71.7 Å². The molecule has 13 heteroatoms. The number of benzene rings is 3. The van der Waals surface area contributed by atoms with E-state index in [-0.39, 0.29) is 75.4 Å². The molecule has 0 saturated carbocycles. The average Bonchev–Trinajstić information content (AvgIpc) is 3.08. The summed E-state index contributed by atoms with van der Waals surface area (Å²) in [5.74, 6) is -1.47.